The fourth-order valence-electron chi connectivity index (χ4n) is 2.17. The van der Waals surface area contributed by atoms with E-state index >= 15 is 0 Å². The highest BCUT2D eigenvalue weighted by atomic mass is 79.9. The maximum absolute atomic E-state index is 12.0. The van der Waals surface area contributed by atoms with Gasteiger partial charge in [0.15, 0.2) is 0 Å². The summed E-state index contributed by atoms with van der Waals surface area (Å²) >= 11 is 3.53. The largest absolute Gasteiger partial charge is 0.214 e. The maximum atomic E-state index is 12.0. The predicted octanol–water partition coefficient (Wildman–Crippen LogP) is 1.83. The molecule has 0 spiro atoms. The van der Waals surface area contributed by atoms with Gasteiger partial charge in [-0.1, -0.05) is 29.3 Å². The molecule has 2 fully saturated rings. The van der Waals surface area contributed by atoms with Crippen LogP contribution < -0.4 is 0 Å². The van der Waals surface area contributed by atoms with Gasteiger partial charge in [0.25, 0.3) is 0 Å². The first-order valence-corrected chi connectivity index (χ1v) is 8.13. The lowest BCUT2D eigenvalue weighted by Crippen LogP contribution is -2.35. The van der Waals surface area contributed by atoms with Crippen molar-refractivity contribution in [2.75, 3.05) is 18.8 Å². The Hall–Kier alpha value is 0.390. The molecular weight excluding hydrogens is 278 g/mol. The van der Waals surface area contributed by atoms with Gasteiger partial charge in [-0.05, 0) is 24.7 Å². The number of nitrogens with zero attached hydrogens (tertiary/aromatic N) is 1. The van der Waals surface area contributed by atoms with Gasteiger partial charge in [0.1, 0.15) is 0 Å². The van der Waals surface area contributed by atoms with Crippen molar-refractivity contribution in [3.63, 3.8) is 0 Å². The van der Waals surface area contributed by atoms with E-state index in [4.69, 9.17) is 0 Å². The molecule has 1 aliphatic heterocycles. The highest BCUT2D eigenvalue weighted by Gasteiger charge is 2.36. The molecule has 2 aliphatic rings. The standard InChI is InChI=1S/C10H18BrNO2S/c1-8-5-12(6-10(8)11)15(13,14)7-9-3-2-4-9/h8-10H,2-7H2,1H3. The summed E-state index contributed by atoms with van der Waals surface area (Å²) < 4.78 is 25.7. The van der Waals surface area contributed by atoms with Crippen LogP contribution in [-0.4, -0.2) is 36.4 Å². The second-order valence-electron chi connectivity index (χ2n) is 4.89. The van der Waals surface area contributed by atoms with E-state index in [1.165, 1.54) is 6.42 Å². The number of alkyl halides is 1. The number of sulfonamides is 1. The molecule has 15 heavy (non-hydrogen) atoms. The third kappa shape index (κ3) is 2.56. The molecule has 0 aromatic carbocycles. The maximum Gasteiger partial charge on any atom is 0.214 e. The molecule has 1 aliphatic carbocycles. The molecular formula is C10H18BrNO2S. The van der Waals surface area contributed by atoms with Gasteiger partial charge in [-0.15, -0.1) is 0 Å². The third-order valence-corrected chi connectivity index (χ3v) is 6.72. The monoisotopic (exact) mass is 295 g/mol. The van der Waals surface area contributed by atoms with Crippen LogP contribution in [0.5, 0.6) is 0 Å². The Labute approximate surface area is 100 Å². The Morgan fingerprint density at radius 2 is 2.00 bits per heavy atom. The van der Waals surface area contributed by atoms with Crippen molar-refractivity contribution in [1.29, 1.82) is 0 Å². The molecule has 2 rings (SSSR count). The number of hydrogen-bond donors (Lipinski definition) is 0. The molecule has 5 heteroatoms. The number of hydrogen-bond acceptors (Lipinski definition) is 2. The first-order valence-electron chi connectivity index (χ1n) is 5.61. The summed E-state index contributed by atoms with van der Waals surface area (Å²) in [4.78, 5) is 0.327. The highest BCUT2D eigenvalue weighted by Crippen LogP contribution is 2.31. The zero-order chi connectivity index (χ0) is 11.1. The fourth-order valence-corrected chi connectivity index (χ4v) is 4.87. The Bertz CT molecular complexity index is 316. The lowest BCUT2D eigenvalue weighted by Gasteiger charge is -2.27. The van der Waals surface area contributed by atoms with Crippen molar-refractivity contribution in [2.24, 2.45) is 11.8 Å². The summed E-state index contributed by atoms with van der Waals surface area (Å²) in [6.07, 6.45) is 3.40. The predicted molar refractivity (Wildman–Crippen MR) is 64.6 cm³/mol. The van der Waals surface area contributed by atoms with E-state index in [2.05, 4.69) is 22.9 Å². The van der Waals surface area contributed by atoms with Crippen molar-refractivity contribution in [2.45, 2.75) is 31.0 Å². The van der Waals surface area contributed by atoms with E-state index in [9.17, 15) is 8.42 Å². The molecule has 0 bridgehead atoms. The van der Waals surface area contributed by atoms with Gasteiger partial charge < -0.3 is 0 Å². The lowest BCUT2D eigenvalue weighted by atomic mass is 9.87. The average Bonchev–Trinajstić information content (AvgIpc) is 2.41. The minimum atomic E-state index is -2.98. The van der Waals surface area contributed by atoms with E-state index in [1.54, 1.807) is 4.31 Å². The summed E-state index contributed by atoms with van der Waals surface area (Å²) in [7, 11) is -2.98. The van der Waals surface area contributed by atoms with Crippen LogP contribution in [0.25, 0.3) is 0 Å². The Balaban J connectivity index is 1.96. The van der Waals surface area contributed by atoms with Crippen LogP contribution in [0.15, 0.2) is 0 Å². The molecule has 2 atom stereocenters. The van der Waals surface area contributed by atoms with Crippen molar-refractivity contribution >= 4 is 26.0 Å². The first kappa shape index (κ1) is 11.9. The Morgan fingerprint density at radius 1 is 1.33 bits per heavy atom. The highest BCUT2D eigenvalue weighted by molar-refractivity contribution is 9.09. The fraction of sp³-hybridized carbons (Fsp3) is 1.00. The quantitative estimate of drug-likeness (QED) is 0.745. The molecule has 2 unspecified atom stereocenters. The second kappa shape index (κ2) is 4.34. The third-order valence-electron chi connectivity index (χ3n) is 3.55. The Morgan fingerprint density at radius 3 is 2.40 bits per heavy atom. The molecule has 0 N–H and O–H groups in total. The van der Waals surface area contributed by atoms with Gasteiger partial charge in [-0.3, -0.25) is 0 Å². The summed E-state index contributed by atoms with van der Waals surface area (Å²) in [5.74, 6) is 1.24. The van der Waals surface area contributed by atoms with Crippen molar-refractivity contribution in [3.8, 4) is 0 Å². The van der Waals surface area contributed by atoms with Gasteiger partial charge in [0, 0.05) is 17.9 Å². The van der Waals surface area contributed by atoms with E-state index in [-0.39, 0.29) is 0 Å². The molecule has 3 nitrogen and oxygen atoms in total. The second-order valence-corrected chi connectivity index (χ2v) is 8.08. The van der Waals surface area contributed by atoms with Gasteiger partial charge >= 0.3 is 0 Å². The summed E-state index contributed by atoms with van der Waals surface area (Å²) in [6, 6.07) is 0. The molecule has 1 saturated heterocycles. The molecule has 0 aromatic rings. The zero-order valence-corrected chi connectivity index (χ0v) is 11.4. The summed E-state index contributed by atoms with van der Waals surface area (Å²) in [5.41, 5.74) is 0. The van der Waals surface area contributed by atoms with Crippen LogP contribution in [0, 0.1) is 11.8 Å². The van der Waals surface area contributed by atoms with Crippen molar-refractivity contribution in [3.05, 3.63) is 0 Å². The van der Waals surface area contributed by atoms with Gasteiger partial charge in [0.2, 0.25) is 10.0 Å². The Kier molecular flexibility index (Phi) is 3.43. The summed E-state index contributed by atoms with van der Waals surface area (Å²) in [5, 5.41) is 0. The SMILES string of the molecule is CC1CN(S(=O)(=O)CC2CCC2)CC1Br. The van der Waals surface area contributed by atoms with Crippen LogP contribution >= 0.6 is 15.9 Å². The van der Waals surface area contributed by atoms with Crippen LogP contribution in [0.4, 0.5) is 0 Å². The minimum absolute atomic E-state index is 0.327. The van der Waals surface area contributed by atoms with E-state index < -0.39 is 10.0 Å². The topological polar surface area (TPSA) is 37.4 Å². The van der Waals surface area contributed by atoms with Crippen molar-refractivity contribution in [1.82, 2.24) is 4.31 Å². The number of rotatable bonds is 3. The smallest absolute Gasteiger partial charge is 0.212 e. The molecule has 1 heterocycles. The zero-order valence-electron chi connectivity index (χ0n) is 9.02. The lowest BCUT2D eigenvalue weighted by molar-refractivity contribution is 0.339. The van der Waals surface area contributed by atoms with Crippen LogP contribution in [0.3, 0.4) is 0 Å². The van der Waals surface area contributed by atoms with Gasteiger partial charge in [0.05, 0.1) is 5.75 Å². The molecule has 88 valence electrons. The molecule has 0 amide bonds. The van der Waals surface area contributed by atoms with E-state index in [1.807, 2.05) is 0 Å². The first-order chi connectivity index (χ1) is 6.99. The van der Waals surface area contributed by atoms with Gasteiger partial charge in [-0.2, -0.15) is 0 Å². The normalized spacial score (nSPS) is 34.3. The molecule has 0 radical (unpaired) electrons. The average molecular weight is 296 g/mol. The molecule has 0 aromatic heterocycles. The van der Waals surface area contributed by atoms with Gasteiger partial charge in [-0.25, -0.2) is 12.7 Å². The van der Waals surface area contributed by atoms with Crippen LogP contribution in [-0.2, 0) is 10.0 Å². The van der Waals surface area contributed by atoms with Crippen LogP contribution in [0.2, 0.25) is 0 Å². The van der Waals surface area contributed by atoms with E-state index in [0.717, 1.165) is 12.8 Å². The van der Waals surface area contributed by atoms with Crippen LogP contribution in [0.1, 0.15) is 26.2 Å². The van der Waals surface area contributed by atoms with E-state index in [0.29, 0.717) is 35.5 Å². The van der Waals surface area contributed by atoms with Crippen molar-refractivity contribution < 1.29 is 8.42 Å². The number of halogens is 1. The minimum Gasteiger partial charge on any atom is -0.212 e. The molecule has 1 saturated carbocycles. The summed E-state index contributed by atoms with van der Waals surface area (Å²) in [6.45, 7) is 3.43.